The number of nitrogens with zero attached hydrogens (tertiary/aromatic N) is 2. The molecule has 1 heterocycles. The molecule has 0 saturated carbocycles. The fourth-order valence-corrected chi connectivity index (χ4v) is 2.57. The highest BCUT2D eigenvalue weighted by Crippen LogP contribution is 2.30. The average molecular weight is 504 g/mol. The first kappa shape index (κ1) is 22.5. The monoisotopic (exact) mass is 504 g/mol. The number of anilines is 1. The quantitative estimate of drug-likeness (QED) is 0.265. The minimum absolute atomic E-state index is 0. The first-order chi connectivity index (χ1) is 13.6. The summed E-state index contributed by atoms with van der Waals surface area (Å²) < 4.78 is 11.4. The van der Waals surface area contributed by atoms with Gasteiger partial charge in [-0.3, -0.25) is 0 Å². The molecule has 0 aliphatic rings. The van der Waals surface area contributed by atoms with Crippen LogP contribution in [0.3, 0.4) is 0 Å². The molecule has 6 nitrogen and oxygen atoms in total. The summed E-state index contributed by atoms with van der Waals surface area (Å²) in [6.07, 6.45) is 1.72. The number of pyridine rings is 1. The molecule has 3 N–H and O–H groups in total. The van der Waals surface area contributed by atoms with Gasteiger partial charge in [-0.1, -0.05) is 30.3 Å². The predicted octanol–water partition coefficient (Wildman–Crippen LogP) is 5.13. The van der Waals surface area contributed by atoms with Crippen molar-refractivity contribution in [3.63, 3.8) is 0 Å². The number of aliphatic imine (C=N–C) groups is 1. The summed E-state index contributed by atoms with van der Waals surface area (Å²) in [5.41, 5.74) is 8.96. The van der Waals surface area contributed by atoms with E-state index >= 15 is 0 Å². The number of ether oxygens (including phenoxy) is 2. The third-order valence-corrected chi connectivity index (χ3v) is 3.88. The summed E-state index contributed by atoms with van der Waals surface area (Å²) in [6.45, 7) is 4.96. The van der Waals surface area contributed by atoms with Crippen LogP contribution >= 0.6 is 24.0 Å². The van der Waals surface area contributed by atoms with E-state index in [0.29, 0.717) is 36.5 Å². The molecule has 0 spiro atoms. The minimum Gasteiger partial charge on any atom is -0.490 e. The maximum absolute atomic E-state index is 5.96. The highest BCUT2D eigenvalue weighted by Gasteiger charge is 2.06. The number of aryl methyl sites for hydroxylation is 1. The molecule has 1 aromatic heterocycles. The Morgan fingerprint density at radius 3 is 2.55 bits per heavy atom. The molecule has 0 saturated heterocycles. The smallest absolute Gasteiger partial charge is 0.219 e. The Labute approximate surface area is 188 Å². The number of aromatic nitrogens is 1. The van der Waals surface area contributed by atoms with Gasteiger partial charge >= 0.3 is 0 Å². The molecule has 29 heavy (non-hydrogen) atoms. The van der Waals surface area contributed by atoms with Gasteiger partial charge in [-0.25, -0.2) is 9.98 Å². The standard InChI is InChI=1S/C22H24N4O2.HI/c1-3-27-19-9-4-5-10-20(19)28-21-12-11-17(14-24-21)15-25-22(23)26-18-8-6-7-16(2)13-18;/h4-14H,3,15H2,1-2H3,(H3,23,25,26);1H. The third kappa shape index (κ3) is 6.94. The van der Waals surface area contributed by atoms with Gasteiger partial charge in [-0.15, -0.1) is 24.0 Å². The first-order valence-corrected chi connectivity index (χ1v) is 9.12. The highest BCUT2D eigenvalue weighted by atomic mass is 127. The van der Waals surface area contributed by atoms with Gasteiger partial charge in [0.1, 0.15) is 0 Å². The van der Waals surface area contributed by atoms with Gasteiger partial charge < -0.3 is 20.5 Å². The summed E-state index contributed by atoms with van der Waals surface area (Å²) in [6, 6.07) is 19.2. The SMILES string of the molecule is CCOc1ccccc1Oc1ccc(CN=C(N)Nc2cccc(C)c2)cn1.I. The summed E-state index contributed by atoms with van der Waals surface area (Å²) in [4.78, 5) is 8.69. The van der Waals surface area contributed by atoms with Gasteiger partial charge in [0, 0.05) is 18.0 Å². The average Bonchev–Trinajstić information content (AvgIpc) is 2.69. The maximum atomic E-state index is 5.96. The number of hydrogen-bond donors (Lipinski definition) is 2. The Morgan fingerprint density at radius 2 is 1.86 bits per heavy atom. The van der Waals surface area contributed by atoms with E-state index < -0.39 is 0 Å². The van der Waals surface area contributed by atoms with E-state index in [9.17, 15) is 0 Å². The zero-order valence-electron chi connectivity index (χ0n) is 16.5. The summed E-state index contributed by atoms with van der Waals surface area (Å²) >= 11 is 0. The molecular weight excluding hydrogens is 479 g/mol. The molecule has 152 valence electrons. The zero-order valence-corrected chi connectivity index (χ0v) is 18.8. The minimum atomic E-state index is 0. The molecule has 0 fully saturated rings. The molecular formula is C22H25IN4O2. The highest BCUT2D eigenvalue weighted by molar-refractivity contribution is 14.0. The summed E-state index contributed by atoms with van der Waals surface area (Å²) in [5.74, 6) is 2.17. The van der Waals surface area contributed by atoms with E-state index in [0.717, 1.165) is 16.8 Å². The van der Waals surface area contributed by atoms with Gasteiger partial charge in [-0.2, -0.15) is 0 Å². The van der Waals surface area contributed by atoms with E-state index in [1.165, 1.54) is 0 Å². The number of para-hydroxylation sites is 2. The van der Waals surface area contributed by atoms with Crippen molar-refractivity contribution in [2.45, 2.75) is 20.4 Å². The molecule has 2 aromatic carbocycles. The topological polar surface area (TPSA) is 81.8 Å². The van der Waals surface area contributed by atoms with Crippen LogP contribution in [0.15, 0.2) is 71.9 Å². The van der Waals surface area contributed by atoms with Gasteiger partial charge in [0.25, 0.3) is 0 Å². The van der Waals surface area contributed by atoms with Gasteiger partial charge in [0.05, 0.1) is 13.2 Å². The van der Waals surface area contributed by atoms with Crippen LogP contribution < -0.4 is 20.5 Å². The van der Waals surface area contributed by atoms with E-state index in [2.05, 4.69) is 15.3 Å². The number of nitrogens with two attached hydrogens (primary N) is 1. The number of guanidine groups is 1. The summed E-state index contributed by atoms with van der Waals surface area (Å²) in [7, 11) is 0. The first-order valence-electron chi connectivity index (χ1n) is 9.12. The molecule has 0 aliphatic carbocycles. The molecule has 0 bridgehead atoms. The number of nitrogens with one attached hydrogen (secondary N) is 1. The van der Waals surface area contributed by atoms with Crippen molar-refractivity contribution < 1.29 is 9.47 Å². The van der Waals surface area contributed by atoms with Crippen LogP contribution in [0.4, 0.5) is 5.69 Å². The van der Waals surface area contributed by atoms with Crippen LogP contribution in [0, 0.1) is 6.92 Å². The van der Waals surface area contributed by atoms with Crippen molar-refractivity contribution >= 4 is 35.6 Å². The van der Waals surface area contributed by atoms with E-state index in [4.69, 9.17) is 15.2 Å². The van der Waals surface area contributed by atoms with Crippen LogP contribution in [0.2, 0.25) is 0 Å². The lowest BCUT2D eigenvalue weighted by atomic mass is 10.2. The van der Waals surface area contributed by atoms with Crippen LogP contribution in [0.1, 0.15) is 18.1 Å². The Bertz CT molecular complexity index is 946. The van der Waals surface area contributed by atoms with E-state index in [1.54, 1.807) is 12.3 Å². The molecule has 0 unspecified atom stereocenters. The van der Waals surface area contributed by atoms with Crippen LogP contribution in [0.25, 0.3) is 0 Å². The second kappa shape index (κ2) is 11.3. The molecule has 0 amide bonds. The number of halogens is 1. The van der Waals surface area contributed by atoms with Crippen LogP contribution in [-0.2, 0) is 6.54 Å². The number of benzene rings is 2. The lowest BCUT2D eigenvalue weighted by molar-refractivity contribution is 0.319. The van der Waals surface area contributed by atoms with Crippen molar-refractivity contribution in [2.24, 2.45) is 10.7 Å². The van der Waals surface area contributed by atoms with Crippen molar-refractivity contribution in [1.82, 2.24) is 4.98 Å². The maximum Gasteiger partial charge on any atom is 0.219 e. The molecule has 0 aliphatic heterocycles. The third-order valence-electron chi connectivity index (χ3n) is 3.88. The molecule has 3 rings (SSSR count). The van der Waals surface area contributed by atoms with Gasteiger partial charge in [0.2, 0.25) is 5.88 Å². The van der Waals surface area contributed by atoms with Crippen molar-refractivity contribution in [1.29, 1.82) is 0 Å². The van der Waals surface area contributed by atoms with Crippen molar-refractivity contribution in [3.8, 4) is 17.4 Å². The fraction of sp³-hybridized carbons (Fsp3) is 0.182. The largest absolute Gasteiger partial charge is 0.490 e. The Kier molecular flexibility index (Phi) is 8.72. The Hall–Kier alpha value is -2.81. The number of rotatable bonds is 7. The molecule has 3 aromatic rings. The van der Waals surface area contributed by atoms with Crippen LogP contribution in [-0.4, -0.2) is 17.6 Å². The summed E-state index contributed by atoms with van der Waals surface area (Å²) in [5, 5.41) is 3.08. The Balaban J connectivity index is 0.00000300. The lowest BCUT2D eigenvalue weighted by Gasteiger charge is -2.10. The molecule has 0 radical (unpaired) electrons. The normalized spacial score (nSPS) is 10.8. The van der Waals surface area contributed by atoms with E-state index in [-0.39, 0.29) is 24.0 Å². The Morgan fingerprint density at radius 1 is 1.07 bits per heavy atom. The van der Waals surface area contributed by atoms with Crippen LogP contribution in [0.5, 0.6) is 17.4 Å². The van der Waals surface area contributed by atoms with E-state index in [1.807, 2.05) is 68.4 Å². The second-order valence-electron chi connectivity index (χ2n) is 6.18. The molecule has 7 heteroatoms. The van der Waals surface area contributed by atoms with Gasteiger partial charge in [0.15, 0.2) is 17.5 Å². The number of hydrogen-bond acceptors (Lipinski definition) is 4. The zero-order chi connectivity index (χ0) is 19.8. The fourth-order valence-electron chi connectivity index (χ4n) is 2.57. The van der Waals surface area contributed by atoms with Crippen molar-refractivity contribution in [2.75, 3.05) is 11.9 Å². The lowest BCUT2D eigenvalue weighted by Crippen LogP contribution is -2.22. The second-order valence-corrected chi connectivity index (χ2v) is 6.18. The van der Waals surface area contributed by atoms with Crippen molar-refractivity contribution in [3.05, 3.63) is 78.0 Å². The van der Waals surface area contributed by atoms with Gasteiger partial charge in [-0.05, 0) is 49.2 Å². The molecule has 0 atom stereocenters. The predicted molar refractivity (Wildman–Crippen MR) is 127 cm³/mol.